The molecule has 0 fully saturated rings. The van der Waals surface area contributed by atoms with Crippen LogP contribution in [0.4, 0.5) is 15.8 Å². The number of sulfonamides is 2. The molecule has 0 aliphatic carbocycles. The van der Waals surface area contributed by atoms with Crippen molar-refractivity contribution in [2.24, 2.45) is 0 Å². The van der Waals surface area contributed by atoms with Gasteiger partial charge >= 0.3 is 0 Å². The largest absolute Gasteiger partial charge is 0.280 e. The topological polar surface area (TPSA) is 92.3 Å². The number of hydrogen-bond donors (Lipinski definition) is 2. The van der Waals surface area contributed by atoms with E-state index in [0.29, 0.717) is 21.8 Å². The lowest BCUT2D eigenvalue weighted by Crippen LogP contribution is -2.17. The fourth-order valence-electron chi connectivity index (χ4n) is 2.63. The lowest BCUT2D eigenvalue weighted by atomic mass is 10.2. The second kappa shape index (κ2) is 8.25. The van der Waals surface area contributed by atoms with Crippen LogP contribution in [0, 0.1) is 19.7 Å². The Balaban J connectivity index is 1.95. The quantitative estimate of drug-likeness (QED) is 0.548. The van der Waals surface area contributed by atoms with Gasteiger partial charge in [-0.2, -0.15) is 0 Å². The van der Waals surface area contributed by atoms with Gasteiger partial charge in [0.05, 0.1) is 10.6 Å². The fraction of sp³-hybridized carbons (Fsp3) is 0.100. The molecule has 0 aliphatic heterocycles. The maximum Gasteiger partial charge on any atom is 0.264 e. The number of nitrogens with one attached hydrogen (secondary N) is 2. The van der Waals surface area contributed by atoms with Gasteiger partial charge in [0.25, 0.3) is 20.0 Å². The van der Waals surface area contributed by atoms with E-state index in [1.807, 2.05) is 0 Å². The van der Waals surface area contributed by atoms with Crippen molar-refractivity contribution < 1.29 is 21.2 Å². The van der Waals surface area contributed by atoms with E-state index in [2.05, 4.69) is 9.44 Å². The Morgan fingerprint density at radius 3 is 2.13 bits per heavy atom. The minimum absolute atomic E-state index is 0.0230. The number of halogens is 2. The predicted molar refractivity (Wildman–Crippen MR) is 115 cm³/mol. The first kappa shape index (κ1) is 22.1. The van der Waals surface area contributed by atoms with Crippen LogP contribution in [0.15, 0.2) is 70.5 Å². The van der Waals surface area contributed by atoms with Crippen molar-refractivity contribution in [3.8, 4) is 0 Å². The molecule has 0 heterocycles. The normalized spacial score (nSPS) is 11.9. The van der Waals surface area contributed by atoms with E-state index >= 15 is 0 Å². The zero-order valence-electron chi connectivity index (χ0n) is 16.0. The molecule has 6 nitrogen and oxygen atoms in total. The van der Waals surface area contributed by atoms with E-state index in [1.54, 1.807) is 13.8 Å². The van der Waals surface area contributed by atoms with Crippen molar-refractivity contribution in [1.82, 2.24) is 0 Å². The van der Waals surface area contributed by atoms with Crippen LogP contribution in [-0.2, 0) is 20.0 Å². The highest BCUT2D eigenvalue weighted by Gasteiger charge is 2.22. The van der Waals surface area contributed by atoms with Crippen LogP contribution in [0.2, 0.25) is 5.02 Å². The lowest BCUT2D eigenvalue weighted by Gasteiger charge is -2.14. The molecule has 0 unspecified atom stereocenters. The molecule has 3 rings (SSSR count). The first-order valence-corrected chi connectivity index (χ1v) is 12.0. The molecule has 0 radical (unpaired) electrons. The minimum Gasteiger partial charge on any atom is -0.280 e. The number of aryl methyl sites for hydroxylation is 2. The second-order valence-electron chi connectivity index (χ2n) is 6.63. The first-order valence-electron chi connectivity index (χ1n) is 8.66. The van der Waals surface area contributed by atoms with Crippen LogP contribution in [0.1, 0.15) is 11.1 Å². The zero-order valence-corrected chi connectivity index (χ0v) is 18.4. The molecular weight excluding hydrogens is 451 g/mol. The summed E-state index contributed by atoms with van der Waals surface area (Å²) in [5.74, 6) is -0.904. The summed E-state index contributed by atoms with van der Waals surface area (Å²) in [5, 5.41) is 0.452. The van der Waals surface area contributed by atoms with Crippen molar-refractivity contribution in [3.63, 3.8) is 0 Å². The molecular formula is C20H18ClFN2O4S2. The van der Waals surface area contributed by atoms with Crippen molar-refractivity contribution in [1.29, 1.82) is 0 Å². The maximum absolute atomic E-state index is 14.1. The van der Waals surface area contributed by atoms with Crippen molar-refractivity contribution in [2.75, 3.05) is 9.44 Å². The standard InChI is InChI=1S/C20H18ClFN2O4S2/c1-13-3-10-18(22)20(11-13)30(27,28)24-19-12-17(9-4-14(19)2)29(25,26)23-16-7-5-15(21)6-8-16/h3-12,23-24H,1-2H3. The van der Waals surface area contributed by atoms with E-state index < -0.39 is 30.8 Å². The Kier molecular flexibility index (Phi) is 6.07. The third-order valence-corrected chi connectivity index (χ3v) is 7.25. The smallest absolute Gasteiger partial charge is 0.264 e. The number of benzene rings is 3. The average Bonchev–Trinajstić information content (AvgIpc) is 2.67. The lowest BCUT2D eigenvalue weighted by molar-refractivity contribution is 0.569. The highest BCUT2D eigenvalue weighted by atomic mass is 35.5. The summed E-state index contributed by atoms with van der Waals surface area (Å²) in [4.78, 5) is -0.681. The van der Waals surface area contributed by atoms with Gasteiger partial charge in [-0.3, -0.25) is 9.44 Å². The molecule has 0 bridgehead atoms. The second-order valence-corrected chi connectivity index (χ2v) is 10.4. The van der Waals surface area contributed by atoms with Crippen LogP contribution >= 0.6 is 11.6 Å². The highest BCUT2D eigenvalue weighted by Crippen LogP contribution is 2.26. The zero-order chi connectivity index (χ0) is 22.1. The van der Waals surface area contributed by atoms with Gasteiger partial charge in [-0.1, -0.05) is 23.7 Å². The van der Waals surface area contributed by atoms with Crippen molar-refractivity contribution >= 4 is 43.0 Å². The molecule has 0 saturated heterocycles. The number of rotatable bonds is 6. The molecule has 0 amide bonds. The molecule has 30 heavy (non-hydrogen) atoms. The SMILES string of the molecule is Cc1ccc(F)c(S(=O)(=O)Nc2cc(S(=O)(=O)Nc3ccc(Cl)cc3)ccc2C)c1. The van der Waals surface area contributed by atoms with Gasteiger partial charge in [0.15, 0.2) is 0 Å². The van der Waals surface area contributed by atoms with Crippen LogP contribution in [0.5, 0.6) is 0 Å². The third-order valence-electron chi connectivity index (χ3n) is 4.24. The molecule has 0 aliphatic rings. The summed E-state index contributed by atoms with van der Waals surface area (Å²) >= 11 is 5.80. The Bertz CT molecular complexity index is 1310. The van der Waals surface area contributed by atoms with Gasteiger partial charge in [-0.15, -0.1) is 0 Å². The molecule has 0 spiro atoms. The molecule has 3 aromatic carbocycles. The molecule has 10 heteroatoms. The van der Waals surface area contributed by atoms with Gasteiger partial charge in [-0.25, -0.2) is 21.2 Å². The summed E-state index contributed by atoms with van der Waals surface area (Å²) in [7, 11) is -8.27. The molecule has 2 N–H and O–H groups in total. The number of anilines is 2. The van der Waals surface area contributed by atoms with E-state index in [1.165, 1.54) is 54.6 Å². The Morgan fingerprint density at radius 1 is 0.800 bits per heavy atom. The minimum atomic E-state index is -4.27. The maximum atomic E-state index is 14.1. The summed E-state index contributed by atoms with van der Waals surface area (Å²) in [5.41, 5.74) is 1.35. The Labute approximate surface area is 179 Å². The summed E-state index contributed by atoms with van der Waals surface area (Å²) in [6, 6.07) is 13.8. The predicted octanol–water partition coefficient (Wildman–Crippen LogP) is 4.70. The fourth-order valence-corrected chi connectivity index (χ4v) is 5.12. The summed E-state index contributed by atoms with van der Waals surface area (Å²) < 4.78 is 69.5. The van der Waals surface area contributed by atoms with Gasteiger partial charge in [0.2, 0.25) is 0 Å². The summed E-state index contributed by atoms with van der Waals surface area (Å²) in [6.07, 6.45) is 0. The van der Waals surface area contributed by atoms with E-state index in [0.717, 1.165) is 6.07 Å². The van der Waals surface area contributed by atoms with Crippen LogP contribution in [0.3, 0.4) is 0 Å². The van der Waals surface area contributed by atoms with E-state index in [9.17, 15) is 21.2 Å². The molecule has 0 aromatic heterocycles. The Hall–Kier alpha value is -2.62. The highest BCUT2D eigenvalue weighted by molar-refractivity contribution is 7.93. The summed E-state index contributed by atoms with van der Waals surface area (Å²) in [6.45, 7) is 3.24. The van der Waals surface area contributed by atoms with Gasteiger partial charge in [0, 0.05) is 10.7 Å². The monoisotopic (exact) mass is 468 g/mol. The van der Waals surface area contributed by atoms with E-state index in [-0.39, 0.29) is 10.6 Å². The van der Waals surface area contributed by atoms with Crippen LogP contribution in [-0.4, -0.2) is 16.8 Å². The third kappa shape index (κ3) is 4.92. The Morgan fingerprint density at radius 2 is 1.47 bits per heavy atom. The molecule has 3 aromatic rings. The molecule has 0 atom stereocenters. The van der Waals surface area contributed by atoms with Crippen LogP contribution in [0.25, 0.3) is 0 Å². The van der Waals surface area contributed by atoms with Crippen molar-refractivity contribution in [2.45, 2.75) is 23.6 Å². The molecule has 158 valence electrons. The van der Waals surface area contributed by atoms with Crippen LogP contribution < -0.4 is 9.44 Å². The number of hydrogen-bond acceptors (Lipinski definition) is 4. The first-order chi connectivity index (χ1) is 14.0. The van der Waals surface area contributed by atoms with Gasteiger partial charge in [-0.05, 0) is 73.5 Å². The van der Waals surface area contributed by atoms with Gasteiger partial charge in [0.1, 0.15) is 10.7 Å². The van der Waals surface area contributed by atoms with Gasteiger partial charge < -0.3 is 0 Å². The average molecular weight is 469 g/mol. The van der Waals surface area contributed by atoms with Crippen molar-refractivity contribution in [3.05, 3.63) is 82.6 Å². The van der Waals surface area contributed by atoms with E-state index in [4.69, 9.17) is 11.6 Å². The molecule has 0 saturated carbocycles.